The zero-order valence-electron chi connectivity index (χ0n) is 18.2. The van der Waals surface area contributed by atoms with Gasteiger partial charge in [0.1, 0.15) is 11.4 Å². The third-order valence-corrected chi connectivity index (χ3v) is 5.45. The quantitative estimate of drug-likeness (QED) is 0.333. The number of ether oxygens (including phenoxy) is 3. The van der Waals surface area contributed by atoms with E-state index in [1.807, 2.05) is 12.1 Å². The average Bonchev–Trinajstić information content (AvgIpc) is 2.80. The lowest BCUT2D eigenvalue weighted by atomic mass is 10.1. The molecule has 1 aliphatic rings. The van der Waals surface area contributed by atoms with Crippen molar-refractivity contribution in [2.75, 3.05) is 31.3 Å². The van der Waals surface area contributed by atoms with Crippen LogP contribution in [0.4, 0.5) is 17.1 Å². The highest BCUT2D eigenvalue weighted by Gasteiger charge is 2.33. The molecule has 1 fully saturated rings. The fourth-order valence-electron chi connectivity index (χ4n) is 3.66. The lowest BCUT2D eigenvalue weighted by molar-refractivity contribution is -0.199. The number of rotatable bonds is 11. The Morgan fingerprint density at radius 3 is 1.81 bits per heavy atom. The molecule has 0 amide bonds. The van der Waals surface area contributed by atoms with Crippen molar-refractivity contribution < 1.29 is 14.2 Å². The van der Waals surface area contributed by atoms with Crippen molar-refractivity contribution in [2.45, 2.75) is 31.8 Å². The van der Waals surface area contributed by atoms with Crippen molar-refractivity contribution in [1.29, 1.82) is 0 Å². The van der Waals surface area contributed by atoms with Crippen LogP contribution in [0.2, 0.25) is 0 Å². The summed E-state index contributed by atoms with van der Waals surface area (Å²) in [4.78, 5) is 2.25. The lowest BCUT2D eigenvalue weighted by Crippen LogP contribution is -2.49. The molecule has 31 heavy (non-hydrogen) atoms. The fraction of sp³-hybridized carbons (Fsp3) is 0.333. The minimum absolute atomic E-state index is 0.0500. The van der Waals surface area contributed by atoms with Crippen LogP contribution >= 0.6 is 0 Å². The van der Waals surface area contributed by atoms with E-state index >= 15 is 0 Å². The summed E-state index contributed by atoms with van der Waals surface area (Å²) < 4.78 is 17.0. The van der Waals surface area contributed by atoms with Gasteiger partial charge in [0.2, 0.25) is 0 Å². The Hall–Kier alpha value is -2.82. The van der Waals surface area contributed by atoms with Crippen LogP contribution in [0, 0.1) is 0 Å². The van der Waals surface area contributed by atoms with Crippen LogP contribution in [0.5, 0.6) is 5.75 Å². The first-order valence-corrected chi connectivity index (χ1v) is 11.1. The van der Waals surface area contributed by atoms with Gasteiger partial charge in [-0.25, -0.2) is 0 Å². The second-order valence-corrected chi connectivity index (χ2v) is 8.20. The largest absolute Gasteiger partial charge is 0.494 e. The Kier molecular flexibility index (Phi) is 7.23. The molecule has 0 aliphatic carbocycles. The molecule has 0 unspecified atom stereocenters. The molecule has 0 radical (unpaired) electrons. The van der Waals surface area contributed by atoms with Gasteiger partial charge in [0.25, 0.3) is 0 Å². The summed E-state index contributed by atoms with van der Waals surface area (Å²) in [6.07, 6.45) is 3.18. The SMILES string of the molecule is CC1(OCCCCCOc2ccc(N(c3ccccc3)c3ccccc3)cc2)COC1. The van der Waals surface area contributed by atoms with Crippen molar-refractivity contribution in [3.8, 4) is 5.75 Å². The predicted octanol–water partition coefficient (Wildman–Crippen LogP) is 6.51. The van der Waals surface area contributed by atoms with Crippen molar-refractivity contribution >= 4 is 17.1 Å². The number of hydrogen-bond acceptors (Lipinski definition) is 4. The molecule has 162 valence electrons. The van der Waals surface area contributed by atoms with Gasteiger partial charge >= 0.3 is 0 Å². The van der Waals surface area contributed by atoms with Crippen molar-refractivity contribution in [3.63, 3.8) is 0 Å². The van der Waals surface area contributed by atoms with Gasteiger partial charge in [0.05, 0.1) is 19.8 Å². The van der Waals surface area contributed by atoms with Crippen LogP contribution in [0.3, 0.4) is 0 Å². The Bertz CT molecular complexity index is 869. The van der Waals surface area contributed by atoms with Gasteiger partial charge in [-0.15, -0.1) is 0 Å². The van der Waals surface area contributed by atoms with E-state index in [-0.39, 0.29) is 5.60 Å². The first-order chi connectivity index (χ1) is 15.2. The molecule has 0 spiro atoms. The first-order valence-electron chi connectivity index (χ1n) is 11.1. The molecular weight excluding hydrogens is 386 g/mol. The van der Waals surface area contributed by atoms with E-state index in [1.165, 1.54) is 0 Å². The second-order valence-electron chi connectivity index (χ2n) is 8.20. The summed E-state index contributed by atoms with van der Waals surface area (Å²) >= 11 is 0. The monoisotopic (exact) mass is 417 g/mol. The summed E-state index contributed by atoms with van der Waals surface area (Å²) in [7, 11) is 0. The normalized spacial score (nSPS) is 14.6. The summed E-state index contributed by atoms with van der Waals surface area (Å²) in [5.41, 5.74) is 3.32. The second kappa shape index (κ2) is 10.5. The van der Waals surface area contributed by atoms with Gasteiger partial charge in [-0.05, 0) is 74.7 Å². The molecule has 0 bridgehead atoms. The number of para-hydroxylation sites is 2. The van der Waals surface area contributed by atoms with Crippen LogP contribution in [-0.2, 0) is 9.47 Å². The number of nitrogens with zero attached hydrogens (tertiary/aromatic N) is 1. The maximum absolute atomic E-state index is 5.95. The third-order valence-electron chi connectivity index (χ3n) is 5.45. The summed E-state index contributed by atoms with van der Waals surface area (Å²) in [6, 6.07) is 29.2. The highest BCUT2D eigenvalue weighted by atomic mass is 16.6. The molecule has 1 aliphatic heterocycles. The average molecular weight is 418 g/mol. The number of hydrogen-bond donors (Lipinski definition) is 0. The van der Waals surface area contributed by atoms with Crippen LogP contribution in [-0.4, -0.2) is 32.0 Å². The Labute approximate surface area is 185 Å². The smallest absolute Gasteiger partial charge is 0.119 e. The van der Waals surface area contributed by atoms with E-state index < -0.39 is 0 Å². The van der Waals surface area contributed by atoms with Gasteiger partial charge in [-0.3, -0.25) is 0 Å². The maximum atomic E-state index is 5.95. The predicted molar refractivity (Wildman–Crippen MR) is 126 cm³/mol. The summed E-state index contributed by atoms with van der Waals surface area (Å²) in [5, 5.41) is 0. The topological polar surface area (TPSA) is 30.9 Å². The molecule has 0 atom stereocenters. The van der Waals surface area contributed by atoms with Crippen LogP contribution in [0.1, 0.15) is 26.2 Å². The fourth-order valence-corrected chi connectivity index (χ4v) is 3.66. The Balaban J connectivity index is 1.28. The Morgan fingerprint density at radius 1 is 0.710 bits per heavy atom. The molecule has 0 aromatic heterocycles. The standard InChI is InChI=1S/C27H31NO3/c1-27(21-29-22-27)31-20-10-4-9-19-30-26-17-15-25(16-18-26)28(23-11-5-2-6-12-23)24-13-7-3-8-14-24/h2-3,5-8,11-18H,4,9-10,19-22H2,1H3. The van der Waals surface area contributed by atoms with Gasteiger partial charge in [0, 0.05) is 23.7 Å². The molecule has 4 rings (SSSR count). The van der Waals surface area contributed by atoms with Crippen molar-refractivity contribution in [1.82, 2.24) is 0 Å². The van der Waals surface area contributed by atoms with Gasteiger partial charge in [-0.2, -0.15) is 0 Å². The molecule has 0 N–H and O–H groups in total. The molecule has 0 saturated carbocycles. The number of benzene rings is 3. The highest BCUT2D eigenvalue weighted by molar-refractivity contribution is 5.76. The molecule has 4 nitrogen and oxygen atoms in total. The Morgan fingerprint density at radius 2 is 1.26 bits per heavy atom. The minimum atomic E-state index is -0.0500. The molecule has 3 aromatic carbocycles. The number of anilines is 3. The van der Waals surface area contributed by atoms with E-state index in [0.717, 1.165) is 68.5 Å². The molecular formula is C27H31NO3. The maximum Gasteiger partial charge on any atom is 0.119 e. The molecule has 4 heteroatoms. The van der Waals surface area contributed by atoms with Crippen LogP contribution < -0.4 is 9.64 Å². The van der Waals surface area contributed by atoms with Crippen molar-refractivity contribution in [3.05, 3.63) is 84.9 Å². The summed E-state index contributed by atoms with van der Waals surface area (Å²) in [6.45, 7) is 5.07. The van der Waals surface area contributed by atoms with Gasteiger partial charge in [-0.1, -0.05) is 36.4 Å². The van der Waals surface area contributed by atoms with Crippen LogP contribution in [0.15, 0.2) is 84.9 Å². The van der Waals surface area contributed by atoms with Gasteiger partial charge < -0.3 is 19.1 Å². The van der Waals surface area contributed by atoms with E-state index in [0.29, 0.717) is 0 Å². The minimum Gasteiger partial charge on any atom is -0.494 e. The first kappa shape index (κ1) is 21.4. The highest BCUT2D eigenvalue weighted by Crippen LogP contribution is 2.34. The molecule has 1 saturated heterocycles. The molecule has 1 heterocycles. The van der Waals surface area contributed by atoms with E-state index in [9.17, 15) is 0 Å². The zero-order chi connectivity index (χ0) is 21.4. The summed E-state index contributed by atoms with van der Waals surface area (Å²) in [5.74, 6) is 0.903. The van der Waals surface area contributed by atoms with Crippen LogP contribution in [0.25, 0.3) is 0 Å². The van der Waals surface area contributed by atoms with E-state index in [1.54, 1.807) is 0 Å². The van der Waals surface area contributed by atoms with Crippen molar-refractivity contribution in [2.24, 2.45) is 0 Å². The molecule has 3 aromatic rings. The number of unbranched alkanes of at least 4 members (excludes halogenated alkanes) is 2. The van der Waals surface area contributed by atoms with E-state index in [4.69, 9.17) is 14.2 Å². The lowest BCUT2D eigenvalue weighted by Gasteiger charge is -2.37. The zero-order valence-corrected chi connectivity index (χ0v) is 18.2. The van der Waals surface area contributed by atoms with E-state index in [2.05, 4.69) is 84.6 Å². The third kappa shape index (κ3) is 5.87. The van der Waals surface area contributed by atoms with Gasteiger partial charge in [0.15, 0.2) is 0 Å².